The minimum Gasteiger partial charge on any atom is -0.466 e. The fourth-order valence-electron chi connectivity index (χ4n) is 6.86. The van der Waals surface area contributed by atoms with E-state index in [1.54, 1.807) is 24.3 Å². The van der Waals surface area contributed by atoms with Gasteiger partial charge in [0.15, 0.2) is 0 Å². The van der Waals surface area contributed by atoms with Gasteiger partial charge in [-0.3, -0.25) is 0 Å². The standard InChI is InChI=1S/C54H48N2O8/c1-37-35-49(29-13-41(37)19-33-53(59)63-5)55(45-21-7-39(8-22-45)11-31-51(57)61-3)47-25-15-43(16-26-47)44-17-27-48(28-18-44)56(46-23-9-40(10-24-46)12-32-52(58)62-4)50-30-14-42(38(2)36-50)20-34-54(60)64-6/h7-36H,1-6H3. The van der Waals surface area contributed by atoms with Gasteiger partial charge in [-0.1, -0.05) is 60.7 Å². The molecular formula is C54H48N2O8. The molecule has 0 bridgehead atoms. The second-order valence-corrected chi connectivity index (χ2v) is 14.5. The Labute approximate surface area is 373 Å². The first-order valence-corrected chi connectivity index (χ1v) is 20.3. The quantitative estimate of drug-likeness (QED) is 0.0562. The Morgan fingerprint density at radius 2 is 0.625 bits per heavy atom. The Balaban J connectivity index is 1.33. The molecule has 0 aromatic heterocycles. The van der Waals surface area contributed by atoms with E-state index in [9.17, 15) is 19.2 Å². The molecule has 0 N–H and O–H groups in total. The van der Waals surface area contributed by atoms with Crippen molar-refractivity contribution in [2.45, 2.75) is 13.8 Å². The molecular weight excluding hydrogens is 805 g/mol. The summed E-state index contributed by atoms with van der Waals surface area (Å²) in [6.07, 6.45) is 12.5. The highest BCUT2D eigenvalue weighted by molar-refractivity contribution is 5.90. The third-order valence-corrected chi connectivity index (χ3v) is 10.3. The van der Waals surface area contributed by atoms with Gasteiger partial charge in [0, 0.05) is 58.4 Å². The van der Waals surface area contributed by atoms with Crippen LogP contribution in [0, 0.1) is 13.8 Å². The monoisotopic (exact) mass is 852 g/mol. The molecule has 0 aliphatic rings. The fraction of sp³-hybridized carbons (Fsp3) is 0.111. The number of anilines is 6. The van der Waals surface area contributed by atoms with Crippen LogP contribution in [0.4, 0.5) is 34.1 Å². The van der Waals surface area contributed by atoms with E-state index in [2.05, 4.69) is 70.5 Å². The zero-order chi connectivity index (χ0) is 45.6. The van der Waals surface area contributed by atoms with Crippen molar-refractivity contribution in [2.24, 2.45) is 0 Å². The summed E-state index contributed by atoms with van der Waals surface area (Å²) >= 11 is 0. The molecule has 0 saturated carbocycles. The van der Waals surface area contributed by atoms with Crippen LogP contribution >= 0.6 is 0 Å². The Bertz CT molecular complexity index is 2540. The molecule has 0 aliphatic heterocycles. The van der Waals surface area contributed by atoms with E-state index in [0.29, 0.717) is 0 Å². The minimum absolute atomic E-state index is 0.427. The number of benzene rings is 6. The van der Waals surface area contributed by atoms with Gasteiger partial charge < -0.3 is 28.7 Å². The summed E-state index contributed by atoms with van der Waals surface area (Å²) in [4.78, 5) is 51.4. The molecule has 6 aromatic rings. The largest absolute Gasteiger partial charge is 0.466 e. The van der Waals surface area contributed by atoms with E-state index >= 15 is 0 Å². The lowest BCUT2D eigenvalue weighted by molar-refractivity contribution is -0.135. The number of rotatable bonds is 15. The number of hydrogen-bond acceptors (Lipinski definition) is 10. The Morgan fingerprint density at radius 3 is 0.906 bits per heavy atom. The first kappa shape index (κ1) is 45.3. The van der Waals surface area contributed by atoms with Crippen LogP contribution in [0.25, 0.3) is 35.4 Å². The molecule has 0 amide bonds. The molecule has 0 atom stereocenters. The van der Waals surface area contributed by atoms with E-state index < -0.39 is 23.9 Å². The van der Waals surface area contributed by atoms with Crippen molar-refractivity contribution < 1.29 is 38.1 Å². The predicted octanol–water partition coefficient (Wildman–Crippen LogP) is 11.7. The van der Waals surface area contributed by atoms with Gasteiger partial charge in [-0.25, -0.2) is 19.2 Å². The number of aryl methyl sites for hydroxylation is 2. The average Bonchev–Trinajstić information content (AvgIpc) is 3.33. The first-order valence-electron chi connectivity index (χ1n) is 20.3. The summed E-state index contributed by atoms with van der Waals surface area (Å²) in [5, 5.41) is 0. The summed E-state index contributed by atoms with van der Waals surface area (Å²) in [5.41, 5.74) is 12.9. The Kier molecular flexibility index (Phi) is 15.2. The zero-order valence-electron chi connectivity index (χ0n) is 36.5. The fourth-order valence-corrected chi connectivity index (χ4v) is 6.86. The lowest BCUT2D eigenvalue weighted by Crippen LogP contribution is -2.10. The maximum atomic E-state index is 11.8. The lowest BCUT2D eigenvalue weighted by Gasteiger charge is -2.27. The van der Waals surface area contributed by atoms with Crippen molar-refractivity contribution in [3.8, 4) is 11.1 Å². The smallest absolute Gasteiger partial charge is 0.330 e. The number of methoxy groups -OCH3 is 4. The molecule has 10 nitrogen and oxygen atoms in total. The summed E-state index contributed by atoms with van der Waals surface area (Å²) in [6, 6.07) is 44.5. The molecule has 0 spiro atoms. The third kappa shape index (κ3) is 11.6. The molecule has 0 fully saturated rings. The maximum Gasteiger partial charge on any atom is 0.330 e. The van der Waals surface area contributed by atoms with E-state index in [4.69, 9.17) is 18.9 Å². The topological polar surface area (TPSA) is 112 Å². The Hall–Kier alpha value is -8.24. The molecule has 6 rings (SSSR count). The van der Waals surface area contributed by atoms with Gasteiger partial charge in [0.05, 0.1) is 28.4 Å². The second-order valence-electron chi connectivity index (χ2n) is 14.5. The van der Waals surface area contributed by atoms with Crippen molar-refractivity contribution in [1.29, 1.82) is 0 Å². The van der Waals surface area contributed by atoms with Crippen molar-refractivity contribution in [2.75, 3.05) is 38.2 Å². The van der Waals surface area contributed by atoms with Crippen LogP contribution in [0.1, 0.15) is 33.4 Å². The number of carbonyl (C=O) groups is 4. The highest BCUT2D eigenvalue weighted by Gasteiger charge is 2.17. The van der Waals surface area contributed by atoms with Crippen molar-refractivity contribution >= 4 is 82.3 Å². The van der Waals surface area contributed by atoms with E-state index in [1.165, 1.54) is 52.7 Å². The highest BCUT2D eigenvalue weighted by Crippen LogP contribution is 2.39. The van der Waals surface area contributed by atoms with E-state index in [1.807, 2.05) is 86.6 Å². The summed E-state index contributed by atoms with van der Waals surface area (Å²) < 4.78 is 19.1. The number of ether oxygens (including phenoxy) is 4. The minimum atomic E-state index is -0.431. The van der Waals surface area contributed by atoms with Gasteiger partial charge in [-0.2, -0.15) is 0 Å². The van der Waals surface area contributed by atoms with Crippen LogP contribution in [0.5, 0.6) is 0 Å². The van der Waals surface area contributed by atoms with Gasteiger partial charge in [0.2, 0.25) is 0 Å². The van der Waals surface area contributed by atoms with Crippen molar-refractivity contribution in [3.63, 3.8) is 0 Å². The van der Waals surface area contributed by atoms with E-state index in [-0.39, 0.29) is 0 Å². The summed E-state index contributed by atoms with van der Waals surface area (Å²) in [7, 11) is 5.39. The average molecular weight is 853 g/mol. The molecule has 0 unspecified atom stereocenters. The second kappa shape index (κ2) is 21.5. The van der Waals surface area contributed by atoms with Crippen LogP contribution in [0.3, 0.4) is 0 Å². The molecule has 322 valence electrons. The van der Waals surface area contributed by atoms with Crippen LogP contribution in [0.2, 0.25) is 0 Å². The molecule has 0 radical (unpaired) electrons. The third-order valence-electron chi connectivity index (χ3n) is 10.3. The molecule has 10 heteroatoms. The normalized spacial score (nSPS) is 11.3. The number of esters is 4. The number of carbonyl (C=O) groups excluding carboxylic acids is 4. The molecule has 0 heterocycles. The van der Waals surface area contributed by atoms with Crippen LogP contribution in [0.15, 0.2) is 158 Å². The SMILES string of the molecule is COC(=O)C=Cc1ccc(N(c2ccc(-c3ccc(N(c4ccc(C=CC(=O)OC)cc4)c4ccc(C=CC(=O)OC)c(C)c4)cc3)cc2)c2ccc(C=CC(=O)OC)c(C)c2)cc1. The summed E-state index contributed by atoms with van der Waals surface area (Å²) in [5.74, 6) is -1.71. The molecule has 64 heavy (non-hydrogen) atoms. The maximum absolute atomic E-state index is 11.8. The van der Waals surface area contributed by atoms with Crippen LogP contribution in [-0.4, -0.2) is 52.3 Å². The molecule has 0 aliphatic carbocycles. The van der Waals surface area contributed by atoms with Gasteiger partial charge in [0.1, 0.15) is 0 Å². The van der Waals surface area contributed by atoms with Crippen LogP contribution < -0.4 is 9.80 Å². The van der Waals surface area contributed by atoms with Crippen LogP contribution in [-0.2, 0) is 38.1 Å². The Morgan fingerprint density at radius 1 is 0.359 bits per heavy atom. The summed E-state index contributed by atoms with van der Waals surface area (Å²) in [6.45, 7) is 3.99. The number of hydrogen-bond donors (Lipinski definition) is 0. The van der Waals surface area contributed by atoms with Gasteiger partial charge in [0.25, 0.3) is 0 Å². The predicted molar refractivity (Wildman–Crippen MR) is 255 cm³/mol. The van der Waals surface area contributed by atoms with Gasteiger partial charge in [-0.15, -0.1) is 0 Å². The van der Waals surface area contributed by atoms with Crippen molar-refractivity contribution in [1.82, 2.24) is 0 Å². The number of nitrogens with zero attached hydrogens (tertiary/aromatic N) is 2. The molecule has 6 aromatic carbocycles. The van der Waals surface area contributed by atoms with E-state index in [0.717, 1.165) is 78.6 Å². The molecule has 0 saturated heterocycles. The van der Waals surface area contributed by atoms with Gasteiger partial charge in [-0.05, 0) is 155 Å². The lowest BCUT2D eigenvalue weighted by atomic mass is 10.0. The zero-order valence-corrected chi connectivity index (χ0v) is 36.5. The first-order chi connectivity index (χ1) is 31.0. The van der Waals surface area contributed by atoms with Gasteiger partial charge >= 0.3 is 23.9 Å². The van der Waals surface area contributed by atoms with Crippen molar-refractivity contribution in [3.05, 3.63) is 191 Å². The highest BCUT2D eigenvalue weighted by atomic mass is 16.5.